The van der Waals surface area contributed by atoms with Crippen LogP contribution in [-0.2, 0) is 0 Å². The Morgan fingerprint density at radius 1 is 0.967 bits per heavy atom. The first-order valence-electron chi connectivity index (χ1n) is 10.1. The van der Waals surface area contributed by atoms with Crippen LogP contribution >= 0.6 is 0 Å². The molecule has 0 aliphatic carbocycles. The van der Waals surface area contributed by atoms with Crippen molar-refractivity contribution in [3.05, 3.63) is 60.6 Å². The van der Waals surface area contributed by atoms with E-state index in [1.807, 2.05) is 44.4 Å². The summed E-state index contributed by atoms with van der Waals surface area (Å²) in [7, 11) is 0. The molecule has 1 fully saturated rings. The minimum absolute atomic E-state index is 0.368. The summed E-state index contributed by atoms with van der Waals surface area (Å²) in [5, 5.41) is 0.907. The summed E-state index contributed by atoms with van der Waals surface area (Å²) in [6.07, 6.45) is 11.2. The second kappa shape index (κ2) is 7.70. The van der Waals surface area contributed by atoms with Crippen molar-refractivity contribution in [2.24, 2.45) is 0 Å². The van der Waals surface area contributed by atoms with E-state index in [-0.39, 0.29) is 0 Å². The van der Waals surface area contributed by atoms with Crippen molar-refractivity contribution in [3.63, 3.8) is 0 Å². The van der Waals surface area contributed by atoms with Crippen LogP contribution in [-0.4, -0.2) is 42.6 Å². The van der Waals surface area contributed by atoms with E-state index in [9.17, 15) is 0 Å². The smallest absolute Gasteiger partial charge is 0.231 e. The molecule has 152 valence electrons. The van der Waals surface area contributed by atoms with Crippen LogP contribution in [0.25, 0.3) is 11.0 Å². The number of piperidine rings is 1. The van der Waals surface area contributed by atoms with E-state index in [0.29, 0.717) is 17.7 Å². The summed E-state index contributed by atoms with van der Waals surface area (Å²) < 4.78 is 8.30. The van der Waals surface area contributed by atoms with Gasteiger partial charge in [0.25, 0.3) is 0 Å². The molecule has 8 nitrogen and oxygen atoms in total. The van der Waals surface area contributed by atoms with Gasteiger partial charge in [0.1, 0.15) is 12.0 Å². The Kier molecular flexibility index (Phi) is 4.74. The van der Waals surface area contributed by atoms with Gasteiger partial charge in [0.15, 0.2) is 5.75 Å². The largest absolute Gasteiger partial charge is 0.436 e. The maximum atomic E-state index is 6.06. The Morgan fingerprint density at radius 3 is 2.53 bits per heavy atom. The number of ether oxygens (including phenoxy) is 1. The molecule has 0 saturated carbocycles. The molecule has 5 heterocycles. The van der Waals surface area contributed by atoms with E-state index in [1.54, 1.807) is 12.5 Å². The molecule has 4 aromatic rings. The molecule has 0 amide bonds. The molecule has 0 bridgehead atoms. The lowest BCUT2D eigenvalue weighted by Crippen LogP contribution is -2.35. The Hall–Kier alpha value is -3.55. The predicted octanol–water partition coefficient (Wildman–Crippen LogP) is 3.87. The molecule has 0 unspecified atom stereocenters. The van der Waals surface area contributed by atoms with Crippen molar-refractivity contribution in [3.8, 4) is 11.6 Å². The van der Waals surface area contributed by atoms with Gasteiger partial charge in [-0.3, -0.25) is 4.98 Å². The first-order valence-corrected chi connectivity index (χ1v) is 10.1. The number of fused-ring (bicyclic) bond motifs is 1. The van der Waals surface area contributed by atoms with E-state index < -0.39 is 0 Å². The number of hydrogen-bond donors (Lipinski definition) is 0. The SMILES string of the molecule is Cc1cnc(N2CCC(n3ccc4c(Oc5cccnc5C)ncnc43)CC2)nc1. The summed E-state index contributed by atoms with van der Waals surface area (Å²) in [6, 6.07) is 6.16. The number of hydrogen-bond acceptors (Lipinski definition) is 7. The molecule has 0 spiro atoms. The Labute approximate surface area is 174 Å². The third-order valence-corrected chi connectivity index (χ3v) is 5.55. The van der Waals surface area contributed by atoms with Gasteiger partial charge < -0.3 is 14.2 Å². The van der Waals surface area contributed by atoms with Gasteiger partial charge in [-0.1, -0.05) is 0 Å². The Morgan fingerprint density at radius 2 is 1.77 bits per heavy atom. The van der Waals surface area contributed by atoms with Crippen LogP contribution in [0.5, 0.6) is 11.6 Å². The molecule has 0 N–H and O–H groups in total. The van der Waals surface area contributed by atoms with E-state index in [4.69, 9.17) is 4.74 Å². The first-order chi connectivity index (χ1) is 14.7. The zero-order valence-corrected chi connectivity index (χ0v) is 17.1. The number of anilines is 1. The summed E-state index contributed by atoms with van der Waals surface area (Å²) >= 11 is 0. The second-order valence-corrected chi connectivity index (χ2v) is 7.61. The fourth-order valence-electron chi connectivity index (χ4n) is 3.90. The molecular formula is C22H23N7O. The third-order valence-electron chi connectivity index (χ3n) is 5.55. The van der Waals surface area contributed by atoms with Crippen LogP contribution in [0.2, 0.25) is 0 Å². The number of pyridine rings is 1. The van der Waals surface area contributed by atoms with Crippen molar-refractivity contribution in [2.75, 3.05) is 18.0 Å². The minimum Gasteiger partial charge on any atom is -0.436 e. The highest BCUT2D eigenvalue weighted by Crippen LogP contribution is 2.32. The van der Waals surface area contributed by atoms with Crippen LogP contribution in [0.15, 0.2) is 49.3 Å². The molecule has 0 aromatic carbocycles. The normalized spacial score (nSPS) is 14.9. The van der Waals surface area contributed by atoms with Gasteiger partial charge in [0.2, 0.25) is 11.8 Å². The zero-order valence-electron chi connectivity index (χ0n) is 17.1. The number of aryl methyl sites for hydroxylation is 2. The highest BCUT2D eigenvalue weighted by molar-refractivity contribution is 5.81. The zero-order chi connectivity index (χ0) is 20.5. The molecule has 0 atom stereocenters. The molecular weight excluding hydrogens is 378 g/mol. The van der Waals surface area contributed by atoms with E-state index in [2.05, 4.69) is 40.6 Å². The van der Waals surface area contributed by atoms with Gasteiger partial charge in [0, 0.05) is 43.9 Å². The summed E-state index contributed by atoms with van der Waals surface area (Å²) in [5.74, 6) is 2.07. The van der Waals surface area contributed by atoms with Crippen molar-refractivity contribution in [2.45, 2.75) is 32.7 Å². The van der Waals surface area contributed by atoms with Gasteiger partial charge in [-0.25, -0.2) is 19.9 Å². The maximum Gasteiger partial charge on any atom is 0.231 e. The molecule has 1 aliphatic heterocycles. The standard InChI is InChI=1S/C22H23N7O/c1-15-12-24-22(25-13-15)28-9-5-17(6-10-28)29-11-7-18-20(29)26-14-27-21(18)30-19-4-3-8-23-16(19)2/h3-4,7-8,11-14,17H,5-6,9-10H2,1-2H3. The molecule has 1 aliphatic rings. The monoisotopic (exact) mass is 401 g/mol. The van der Waals surface area contributed by atoms with E-state index in [1.165, 1.54) is 0 Å². The highest BCUT2D eigenvalue weighted by Gasteiger charge is 2.24. The van der Waals surface area contributed by atoms with Gasteiger partial charge in [0.05, 0.1) is 11.1 Å². The molecule has 0 radical (unpaired) electrons. The van der Waals surface area contributed by atoms with Crippen LogP contribution < -0.4 is 9.64 Å². The van der Waals surface area contributed by atoms with Gasteiger partial charge in [-0.05, 0) is 50.5 Å². The van der Waals surface area contributed by atoms with Gasteiger partial charge in [-0.2, -0.15) is 0 Å². The third kappa shape index (κ3) is 3.45. The Bertz CT molecular complexity index is 1160. The highest BCUT2D eigenvalue weighted by atomic mass is 16.5. The van der Waals surface area contributed by atoms with Crippen molar-refractivity contribution in [1.29, 1.82) is 0 Å². The second-order valence-electron chi connectivity index (χ2n) is 7.61. The molecule has 30 heavy (non-hydrogen) atoms. The van der Waals surface area contributed by atoms with Gasteiger partial charge in [-0.15, -0.1) is 0 Å². The average Bonchev–Trinajstić information content (AvgIpc) is 3.21. The molecule has 4 aromatic heterocycles. The average molecular weight is 401 g/mol. The van der Waals surface area contributed by atoms with Crippen molar-refractivity contribution < 1.29 is 4.74 Å². The first kappa shape index (κ1) is 18.5. The summed E-state index contributed by atoms with van der Waals surface area (Å²) in [6.45, 7) is 5.75. The number of nitrogens with zero attached hydrogens (tertiary/aromatic N) is 7. The lowest BCUT2D eigenvalue weighted by Gasteiger charge is -2.32. The van der Waals surface area contributed by atoms with E-state index >= 15 is 0 Å². The maximum absolute atomic E-state index is 6.06. The van der Waals surface area contributed by atoms with Crippen LogP contribution in [0.1, 0.15) is 30.1 Å². The fourth-order valence-corrected chi connectivity index (χ4v) is 3.90. The molecule has 1 saturated heterocycles. The lowest BCUT2D eigenvalue weighted by atomic mass is 10.1. The predicted molar refractivity (Wildman–Crippen MR) is 114 cm³/mol. The van der Waals surface area contributed by atoms with Crippen molar-refractivity contribution in [1.82, 2.24) is 29.5 Å². The van der Waals surface area contributed by atoms with Gasteiger partial charge >= 0.3 is 0 Å². The minimum atomic E-state index is 0.368. The lowest BCUT2D eigenvalue weighted by molar-refractivity contribution is 0.400. The quantitative estimate of drug-likeness (QED) is 0.513. The van der Waals surface area contributed by atoms with Crippen molar-refractivity contribution >= 4 is 17.0 Å². The Balaban J connectivity index is 1.36. The topological polar surface area (TPSA) is 81.9 Å². The molecule has 8 heteroatoms. The van der Waals surface area contributed by atoms with E-state index in [0.717, 1.165) is 54.2 Å². The number of aromatic nitrogens is 6. The summed E-state index contributed by atoms with van der Waals surface area (Å²) in [5.41, 5.74) is 2.80. The van der Waals surface area contributed by atoms with Crippen LogP contribution in [0.4, 0.5) is 5.95 Å². The fraction of sp³-hybridized carbons (Fsp3) is 0.318. The summed E-state index contributed by atoms with van der Waals surface area (Å²) in [4.78, 5) is 24.4. The van der Waals surface area contributed by atoms with Crippen LogP contribution in [0, 0.1) is 13.8 Å². The number of rotatable bonds is 4. The van der Waals surface area contributed by atoms with Crippen LogP contribution in [0.3, 0.4) is 0 Å². The molecule has 5 rings (SSSR count).